The van der Waals surface area contributed by atoms with Crippen LogP contribution in [0.5, 0.6) is 5.75 Å². The molecule has 0 atom stereocenters. The van der Waals surface area contributed by atoms with Crippen LogP contribution in [0.4, 0.5) is 0 Å². The van der Waals surface area contributed by atoms with E-state index in [9.17, 15) is 4.79 Å². The maximum absolute atomic E-state index is 12.0. The van der Waals surface area contributed by atoms with Crippen LogP contribution in [0.25, 0.3) is 0 Å². The second-order valence-electron chi connectivity index (χ2n) is 3.92. The first-order valence-corrected chi connectivity index (χ1v) is 7.46. The number of hydrogen-bond acceptors (Lipinski definition) is 2. The van der Waals surface area contributed by atoms with Crippen LogP contribution in [0.1, 0.15) is 10.4 Å². The van der Waals surface area contributed by atoms with Gasteiger partial charge in [-0.15, -0.1) is 0 Å². The molecule has 0 amide bonds. The van der Waals surface area contributed by atoms with E-state index < -0.39 is 0 Å². The summed E-state index contributed by atoms with van der Waals surface area (Å²) in [5.41, 5.74) is 0.542. The normalized spacial score (nSPS) is 10.4. The Morgan fingerprint density at radius 2 is 1.75 bits per heavy atom. The van der Waals surface area contributed by atoms with Crippen molar-refractivity contribution in [1.82, 2.24) is 0 Å². The summed E-state index contributed by atoms with van der Waals surface area (Å²) in [5.74, 6) is 0.0782. The lowest BCUT2D eigenvalue weighted by Crippen LogP contribution is -2.12. The molecule has 2 rings (SSSR count). The Balaban J connectivity index is 2.11. The lowest BCUT2D eigenvalue weighted by atomic mass is 10.1. The second kappa shape index (κ2) is 6.81. The van der Waals surface area contributed by atoms with Gasteiger partial charge in [-0.2, -0.15) is 0 Å². The summed E-state index contributed by atoms with van der Waals surface area (Å²) in [6, 6.07) is 10.1. The van der Waals surface area contributed by atoms with Gasteiger partial charge in [0.05, 0.1) is 10.0 Å². The van der Waals surface area contributed by atoms with Crippen molar-refractivity contribution in [3.05, 3.63) is 61.5 Å². The van der Waals surface area contributed by atoms with Gasteiger partial charge >= 0.3 is 0 Å². The van der Waals surface area contributed by atoms with Gasteiger partial charge in [0.1, 0.15) is 0 Å². The van der Waals surface area contributed by atoms with E-state index in [0.29, 0.717) is 10.6 Å². The topological polar surface area (TPSA) is 26.3 Å². The third-order valence-corrected chi connectivity index (χ3v) is 3.73. The van der Waals surface area contributed by atoms with Crippen LogP contribution in [-0.4, -0.2) is 12.4 Å². The van der Waals surface area contributed by atoms with Crippen molar-refractivity contribution < 1.29 is 9.53 Å². The van der Waals surface area contributed by atoms with Crippen molar-refractivity contribution >= 4 is 56.5 Å². The molecule has 6 heteroatoms. The lowest BCUT2D eigenvalue weighted by Gasteiger charge is -2.10. The third kappa shape index (κ3) is 3.89. The number of hydrogen-bond donors (Lipinski definition) is 0. The van der Waals surface area contributed by atoms with Gasteiger partial charge in [0.25, 0.3) is 0 Å². The molecule has 104 valence electrons. The number of ether oxygens (including phenoxy) is 1. The number of carbonyl (C=O) groups excluding carboxylic acids is 1. The number of carbonyl (C=O) groups is 1. The average Bonchev–Trinajstić information content (AvgIpc) is 2.37. The van der Waals surface area contributed by atoms with Crippen molar-refractivity contribution in [2.45, 2.75) is 0 Å². The summed E-state index contributed by atoms with van der Waals surface area (Å²) in [7, 11) is 0. The Bertz CT molecular complexity index is 636. The minimum Gasteiger partial charge on any atom is -0.482 e. The highest BCUT2D eigenvalue weighted by atomic mass is 79.9. The van der Waals surface area contributed by atoms with Crippen molar-refractivity contribution in [3.8, 4) is 5.75 Å². The smallest absolute Gasteiger partial charge is 0.200 e. The molecule has 0 radical (unpaired) electrons. The molecule has 0 bridgehead atoms. The van der Waals surface area contributed by atoms with Crippen LogP contribution in [0.3, 0.4) is 0 Å². The molecule has 20 heavy (non-hydrogen) atoms. The summed E-state index contributed by atoms with van der Waals surface area (Å²) in [4.78, 5) is 12.0. The zero-order valence-electron chi connectivity index (χ0n) is 10.00. The number of halogens is 4. The van der Waals surface area contributed by atoms with Gasteiger partial charge in [-0.1, -0.05) is 62.9 Å². The quantitative estimate of drug-likeness (QED) is 0.625. The van der Waals surface area contributed by atoms with E-state index in [0.717, 1.165) is 4.47 Å². The minimum atomic E-state index is -0.173. The largest absolute Gasteiger partial charge is 0.482 e. The Kier molecular flexibility index (Phi) is 5.33. The molecule has 0 saturated heterocycles. The summed E-state index contributed by atoms with van der Waals surface area (Å²) >= 11 is 21.1. The fraction of sp³-hybridized carbons (Fsp3) is 0.0714. The number of benzene rings is 2. The maximum atomic E-state index is 12.0. The first-order chi connectivity index (χ1) is 9.47. The molecule has 0 aliphatic heterocycles. The van der Waals surface area contributed by atoms with Gasteiger partial charge in [-0.3, -0.25) is 4.79 Å². The van der Waals surface area contributed by atoms with Crippen LogP contribution >= 0.6 is 50.7 Å². The second-order valence-corrected chi connectivity index (χ2v) is 6.09. The molecule has 0 aliphatic rings. The van der Waals surface area contributed by atoms with Gasteiger partial charge in [-0.05, 0) is 24.3 Å². The van der Waals surface area contributed by atoms with E-state index >= 15 is 0 Å². The van der Waals surface area contributed by atoms with Crippen LogP contribution in [-0.2, 0) is 0 Å². The third-order valence-electron chi connectivity index (χ3n) is 2.46. The molecule has 0 aromatic heterocycles. The molecular formula is C14H8BrCl3O2. The zero-order chi connectivity index (χ0) is 14.7. The van der Waals surface area contributed by atoms with Crippen LogP contribution in [0, 0.1) is 0 Å². The maximum Gasteiger partial charge on any atom is 0.200 e. The highest BCUT2D eigenvalue weighted by Gasteiger charge is 2.12. The Morgan fingerprint density at radius 3 is 2.35 bits per heavy atom. The molecule has 2 aromatic rings. The molecule has 0 N–H and O–H groups in total. The highest BCUT2D eigenvalue weighted by Crippen LogP contribution is 2.35. The van der Waals surface area contributed by atoms with Crippen molar-refractivity contribution in [3.63, 3.8) is 0 Å². The lowest BCUT2D eigenvalue weighted by molar-refractivity contribution is 0.0921. The molecule has 0 fully saturated rings. The standard InChI is InChI=1S/C14H8BrCl3O2/c15-9-3-1-2-8(4-9)13(19)7-20-14-11(17)5-10(16)6-12(14)18/h1-6H,7H2. The van der Waals surface area contributed by atoms with E-state index in [4.69, 9.17) is 39.5 Å². The molecule has 2 nitrogen and oxygen atoms in total. The predicted molar refractivity (Wildman–Crippen MR) is 85.4 cm³/mol. The van der Waals surface area contributed by atoms with E-state index in [1.807, 2.05) is 6.07 Å². The van der Waals surface area contributed by atoms with E-state index in [1.165, 1.54) is 12.1 Å². The van der Waals surface area contributed by atoms with E-state index in [2.05, 4.69) is 15.9 Å². The Morgan fingerprint density at radius 1 is 1.10 bits per heavy atom. The Hall–Kier alpha value is -0.740. The molecule has 0 saturated carbocycles. The molecular weight excluding hydrogens is 386 g/mol. The van der Waals surface area contributed by atoms with Gasteiger partial charge in [-0.25, -0.2) is 0 Å². The SMILES string of the molecule is O=C(COc1c(Cl)cc(Cl)cc1Cl)c1cccc(Br)c1. The summed E-state index contributed by atoms with van der Waals surface area (Å²) in [6.07, 6.45) is 0. The molecule has 0 spiro atoms. The molecule has 2 aromatic carbocycles. The number of ketones is 1. The summed E-state index contributed by atoms with van der Waals surface area (Å²) < 4.78 is 6.22. The van der Waals surface area contributed by atoms with E-state index in [1.54, 1.807) is 18.2 Å². The number of Topliss-reactive ketones (excluding diaryl/α,β-unsaturated/α-hetero) is 1. The van der Waals surface area contributed by atoms with Crippen molar-refractivity contribution in [2.24, 2.45) is 0 Å². The van der Waals surface area contributed by atoms with Crippen LogP contribution in [0.15, 0.2) is 40.9 Å². The van der Waals surface area contributed by atoms with Crippen molar-refractivity contribution in [1.29, 1.82) is 0 Å². The minimum absolute atomic E-state index is 0.155. The fourth-order valence-electron chi connectivity index (χ4n) is 1.55. The number of rotatable bonds is 4. The summed E-state index contributed by atoms with van der Waals surface area (Å²) in [6.45, 7) is -0.155. The zero-order valence-corrected chi connectivity index (χ0v) is 13.9. The van der Waals surface area contributed by atoms with Gasteiger partial charge in [0.2, 0.25) is 0 Å². The first kappa shape index (κ1) is 15.6. The van der Waals surface area contributed by atoms with Gasteiger partial charge in [0, 0.05) is 15.1 Å². The Labute approximate surface area is 139 Å². The van der Waals surface area contributed by atoms with E-state index in [-0.39, 0.29) is 28.2 Å². The predicted octanol–water partition coefficient (Wildman–Crippen LogP) is 5.67. The fourth-order valence-corrected chi connectivity index (χ4v) is 2.88. The highest BCUT2D eigenvalue weighted by molar-refractivity contribution is 9.10. The monoisotopic (exact) mass is 392 g/mol. The molecule has 0 unspecified atom stereocenters. The first-order valence-electron chi connectivity index (χ1n) is 5.53. The van der Waals surface area contributed by atoms with Crippen molar-refractivity contribution in [2.75, 3.05) is 6.61 Å². The molecule has 0 heterocycles. The van der Waals surface area contributed by atoms with Crippen LogP contribution in [0.2, 0.25) is 15.1 Å². The summed E-state index contributed by atoms with van der Waals surface area (Å²) in [5, 5.41) is 0.944. The van der Waals surface area contributed by atoms with Crippen LogP contribution < -0.4 is 4.74 Å². The van der Waals surface area contributed by atoms with Gasteiger partial charge in [0.15, 0.2) is 18.1 Å². The van der Waals surface area contributed by atoms with Gasteiger partial charge < -0.3 is 4.74 Å². The molecule has 0 aliphatic carbocycles. The average molecular weight is 394 g/mol.